The van der Waals surface area contributed by atoms with E-state index in [0.29, 0.717) is 10.8 Å². The first-order valence-electron chi connectivity index (χ1n) is 6.85. The number of nitrogens with one attached hydrogen (secondary N) is 1. The van der Waals surface area contributed by atoms with Crippen LogP contribution in [0.4, 0.5) is 0 Å². The van der Waals surface area contributed by atoms with Gasteiger partial charge in [0.15, 0.2) is 6.10 Å². The molecular weight excluding hydrogens is 288 g/mol. The van der Waals surface area contributed by atoms with E-state index in [-0.39, 0.29) is 11.8 Å². The summed E-state index contributed by atoms with van der Waals surface area (Å²) in [5, 5.41) is 12.4. The van der Waals surface area contributed by atoms with Gasteiger partial charge in [-0.15, -0.1) is 0 Å². The molecule has 0 saturated carbocycles. The van der Waals surface area contributed by atoms with Crippen molar-refractivity contribution in [2.45, 2.75) is 46.3 Å². The number of carbonyl (C=O) groups excluding carboxylic acids is 1. The Balaban J connectivity index is 2.80. The second-order valence-electron chi connectivity index (χ2n) is 5.65. The molecule has 0 heterocycles. The first kappa shape index (κ1) is 17.3. The molecule has 0 aliphatic rings. The van der Waals surface area contributed by atoms with E-state index in [9.17, 15) is 10.1 Å². The van der Waals surface area contributed by atoms with Crippen LogP contribution >= 0.6 is 11.6 Å². The molecule has 1 N–H and O–H groups in total. The van der Waals surface area contributed by atoms with Gasteiger partial charge in [0.1, 0.15) is 11.3 Å². The van der Waals surface area contributed by atoms with Crippen molar-refractivity contribution in [1.29, 1.82) is 5.26 Å². The van der Waals surface area contributed by atoms with Crippen LogP contribution in [0.3, 0.4) is 0 Å². The zero-order chi connectivity index (χ0) is 16.2. The molecule has 21 heavy (non-hydrogen) atoms. The first-order valence-corrected chi connectivity index (χ1v) is 7.23. The summed E-state index contributed by atoms with van der Waals surface area (Å²) in [4.78, 5) is 12.2. The Hall–Kier alpha value is -1.73. The molecule has 1 amide bonds. The Morgan fingerprint density at radius 3 is 2.57 bits per heavy atom. The van der Waals surface area contributed by atoms with Gasteiger partial charge in [0.25, 0.3) is 5.91 Å². The van der Waals surface area contributed by atoms with E-state index >= 15 is 0 Å². The van der Waals surface area contributed by atoms with Crippen LogP contribution in [0, 0.1) is 24.2 Å². The SMILES string of the molecule is Cc1ccc(Cl)c(OC(C)C(=O)NC(C)(C#N)C(C)C)c1. The monoisotopic (exact) mass is 308 g/mol. The maximum atomic E-state index is 12.2. The molecule has 0 aromatic heterocycles. The van der Waals surface area contributed by atoms with Crippen molar-refractivity contribution >= 4 is 17.5 Å². The number of nitriles is 1. The summed E-state index contributed by atoms with van der Waals surface area (Å²) in [5.74, 6) is 0.106. The Labute approximate surface area is 131 Å². The molecule has 2 atom stereocenters. The highest BCUT2D eigenvalue weighted by Gasteiger charge is 2.32. The van der Waals surface area contributed by atoms with Gasteiger partial charge in [-0.1, -0.05) is 31.5 Å². The van der Waals surface area contributed by atoms with Crippen molar-refractivity contribution in [3.8, 4) is 11.8 Å². The van der Waals surface area contributed by atoms with Gasteiger partial charge in [0.05, 0.1) is 11.1 Å². The fraction of sp³-hybridized carbons (Fsp3) is 0.500. The van der Waals surface area contributed by atoms with Crippen LogP contribution in [0.2, 0.25) is 5.02 Å². The molecule has 5 heteroatoms. The van der Waals surface area contributed by atoms with Gasteiger partial charge in [0, 0.05) is 0 Å². The third kappa shape index (κ3) is 4.37. The molecule has 1 rings (SSSR count). The standard InChI is InChI=1S/C16H21ClN2O2/c1-10(2)16(5,9-18)19-15(20)12(4)21-14-8-11(3)6-7-13(14)17/h6-8,10,12H,1-5H3,(H,19,20). The number of rotatable bonds is 5. The Bertz CT molecular complexity index is 566. The van der Waals surface area contributed by atoms with E-state index < -0.39 is 11.6 Å². The summed E-state index contributed by atoms with van der Waals surface area (Å²) < 4.78 is 5.60. The van der Waals surface area contributed by atoms with Crippen molar-refractivity contribution in [3.63, 3.8) is 0 Å². The second-order valence-corrected chi connectivity index (χ2v) is 6.06. The summed E-state index contributed by atoms with van der Waals surface area (Å²) in [6.07, 6.45) is -0.740. The molecule has 1 aromatic carbocycles. The van der Waals surface area contributed by atoms with Gasteiger partial charge < -0.3 is 10.1 Å². The molecule has 0 aliphatic carbocycles. The van der Waals surface area contributed by atoms with E-state index in [4.69, 9.17) is 16.3 Å². The average molecular weight is 309 g/mol. The summed E-state index contributed by atoms with van der Waals surface area (Å²) in [7, 11) is 0. The average Bonchev–Trinajstić information content (AvgIpc) is 2.42. The van der Waals surface area contributed by atoms with E-state index in [1.165, 1.54) is 0 Å². The third-order valence-electron chi connectivity index (χ3n) is 3.53. The number of ether oxygens (including phenoxy) is 1. The topological polar surface area (TPSA) is 62.1 Å². The van der Waals surface area contributed by atoms with Crippen LogP contribution in [-0.4, -0.2) is 17.6 Å². The van der Waals surface area contributed by atoms with Crippen LogP contribution in [-0.2, 0) is 4.79 Å². The van der Waals surface area contributed by atoms with Crippen molar-refractivity contribution in [3.05, 3.63) is 28.8 Å². The number of halogens is 1. The maximum absolute atomic E-state index is 12.2. The molecule has 114 valence electrons. The lowest BCUT2D eigenvalue weighted by molar-refractivity contribution is -0.128. The third-order valence-corrected chi connectivity index (χ3v) is 3.84. The van der Waals surface area contributed by atoms with Gasteiger partial charge in [-0.05, 0) is 44.4 Å². The quantitative estimate of drug-likeness (QED) is 0.906. The number of aryl methyl sites for hydroxylation is 1. The van der Waals surface area contributed by atoms with Gasteiger partial charge in [-0.25, -0.2) is 0 Å². The second kappa shape index (κ2) is 6.82. The molecule has 0 radical (unpaired) electrons. The van der Waals surface area contributed by atoms with E-state index in [2.05, 4.69) is 11.4 Å². The fourth-order valence-electron chi connectivity index (χ4n) is 1.60. The minimum Gasteiger partial charge on any atom is -0.479 e. The number of hydrogen-bond donors (Lipinski definition) is 1. The number of hydrogen-bond acceptors (Lipinski definition) is 3. The zero-order valence-corrected chi connectivity index (χ0v) is 13.8. The zero-order valence-electron chi connectivity index (χ0n) is 13.0. The summed E-state index contributed by atoms with van der Waals surface area (Å²) in [5.41, 5.74) is 0.0662. The predicted octanol–water partition coefficient (Wildman–Crippen LogP) is 3.47. The fourth-order valence-corrected chi connectivity index (χ4v) is 1.77. The van der Waals surface area contributed by atoms with Crippen molar-refractivity contribution in [2.24, 2.45) is 5.92 Å². The number of benzene rings is 1. The summed E-state index contributed by atoms with van der Waals surface area (Å²) in [6.45, 7) is 9.01. The normalized spacial score (nSPS) is 15.0. The molecule has 2 unspecified atom stereocenters. The minimum absolute atomic E-state index is 0.0128. The Morgan fingerprint density at radius 1 is 1.43 bits per heavy atom. The highest BCUT2D eigenvalue weighted by atomic mass is 35.5. The maximum Gasteiger partial charge on any atom is 0.262 e. The lowest BCUT2D eigenvalue weighted by Crippen LogP contribution is -2.52. The largest absolute Gasteiger partial charge is 0.479 e. The van der Waals surface area contributed by atoms with Crippen LogP contribution in [0.25, 0.3) is 0 Å². The molecule has 0 bridgehead atoms. The Kier molecular flexibility index (Phi) is 5.62. The summed E-state index contributed by atoms with van der Waals surface area (Å²) >= 11 is 6.05. The number of carbonyl (C=O) groups is 1. The number of amides is 1. The van der Waals surface area contributed by atoms with Crippen LogP contribution in [0.1, 0.15) is 33.3 Å². The van der Waals surface area contributed by atoms with Gasteiger partial charge in [0.2, 0.25) is 0 Å². The van der Waals surface area contributed by atoms with Crippen LogP contribution < -0.4 is 10.1 Å². The molecular formula is C16H21ClN2O2. The first-order chi connectivity index (χ1) is 9.69. The summed E-state index contributed by atoms with van der Waals surface area (Å²) in [6, 6.07) is 7.50. The smallest absolute Gasteiger partial charge is 0.262 e. The minimum atomic E-state index is -0.925. The van der Waals surface area contributed by atoms with Crippen molar-refractivity contribution < 1.29 is 9.53 Å². The van der Waals surface area contributed by atoms with Gasteiger partial charge >= 0.3 is 0 Å². The predicted molar refractivity (Wildman–Crippen MR) is 83.3 cm³/mol. The van der Waals surface area contributed by atoms with Crippen molar-refractivity contribution in [1.82, 2.24) is 5.32 Å². The molecule has 0 spiro atoms. The van der Waals surface area contributed by atoms with E-state index in [0.717, 1.165) is 5.56 Å². The highest BCUT2D eigenvalue weighted by Crippen LogP contribution is 2.26. The molecule has 1 aromatic rings. The number of nitrogens with zero attached hydrogens (tertiary/aromatic N) is 1. The lowest BCUT2D eigenvalue weighted by atomic mass is 9.90. The molecule has 0 fully saturated rings. The van der Waals surface area contributed by atoms with E-state index in [1.807, 2.05) is 26.8 Å². The molecule has 0 aliphatic heterocycles. The Morgan fingerprint density at radius 2 is 2.05 bits per heavy atom. The van der Waals surface area contributed by atoms with Crippen LogP contribution in [0.5, 0.6) is 5.75 Å². The lowest BCUT2D eigenvalue weighted by Gasteiger charge is -2.29. The molecule has 4 nitrogen and oxygen atoms in total. The van der Waals surface area contributed by atoms with Crippen molar-refractivity contribution in [2.75, 3.05) is 0 Å². The van der Waals surface area contributed by atoms with Gasteiger partial charge in [-0.2, -0.15) is 5.26 Å². The van der Waals surface area contributed by atoms with Crippen LogP contribution in [0.15, 0.2) is 18.2 Å². The molecule has 0 saturated heterocycles. The van der Waals surface area contributed by atoms with E-state index in [1.54, 1.807) is 26.0 Å². The van der Waals surface area contributed by atoms with Gasteiger partial charge in [-0.3, -0.25) is 4.79 Å². The highest BCUT2D eigenvalue weighted by molar-refractivity contribution is 6.32.